The average molecular weight is 802 g/mol. The van der Waals surface area contributed by atoms with Crippen LogP contribution in [0.5, 0.6) is 17.2 Å². The number of methoxy groups -OCH3 is 2. The van der Waals surface area contributed by atoms with E-state index in [0.29, 0.717) is 33.7 Å². The third-order valence-corrected chi connectivity index (χ3v) is 12.0. The first-order valence-electron chi connectivity index (χ1n) is 18.3. The number of ketones is 2. The monoisotopic (exact) mass is 801 g/mol. The largest absolute Gasteiger partial charge is 0.508 e. The molecule has 0 spiro atoms. The van der Waals surface area contributed by atoms with Crippen molar-refractivity contribution in [3.05, 3.63) is 137 Å². The predicted molar refractivity (Wildman–Crippen MR) is 197 cm³/mol. The molecule has 3 aliphatic carbocycles. The topological polar surface area (TPSA) is 110 Å². The van der Waals surface area contributed by atoms with Gasteiger partial charge in [0.1, 0.15) is 17.2 Å². The van der Waals surface area contributed by atoms with Crippen molar-refractivity contribution >= 4 is 34.6 Å². The number of imide groups is 1. The molecule has 14 heteroatoms. The van der Waals surface area contributed by atoms with Crippen molar-refractivity contribution in [2.75, 3.05) is 19.1 Å². The normalized spacial score (nSPS) is 25.7. The first-order valence-corrected chi connectivity index (χ1v) is 18.3. The molecule has 6 atom stereocenters. The Morgan fingerprint density at radius 2 is 1.31 bits per heavy atom. The van der Waals surface area contributed by atoms with E-state index in [1.54, 1.807) is 66.7 Å². The van der Waals surface area contributed by atoms with E-state index in [1.165, 1.54) is 32.4 Å². The van der Waals surface area contributed by atoms with Crippen LogP contribution in [0.1, 0.15) is 46.6 Å². The number of nitrogens with zero attached hydrogens (tertiary/aromatic N) is 1. The number of allylic oxidation sites excluding steroid dienone is 4. The Hall–Kier alpha value is -6.18. The molecule has 4 aromatic rings. The van der Waals surface area contributed by atoms with Gasteiger partial charge in [0.25, 0.3) is 0 Å². The summed E-state index contributed by atoms with van der Waals surface area (Å²) in [7, 11) is 2.66. The molecule has 1 saturated heterocycles. The summed E-state index contributed by atoms with van der Waals surface area (Å²) in [5, 5.41) is 10.7. The number of rotatable bonds is 6. The Labute approximate surface area is 327 Å². The average Bonchev–Trinajstić information content (AvgIpc) is 3.46. The van der Waals surface area contributed by atoms with Crippen LogP contribution in [0.4, 0.5) is 32.0 Å². The summed E-state index contributed by atoms with van der Waals surface area (Å²) in [6, 6.07) is 20.2. The van der Waals surface area contributed by atoms with Crippen molar-refractivity contribution in [2.45, 2.75) is 36.5 Å². The zero-order valence-corrected chi connectivity index (χ0v) is 30.7. The molecule has 1 N–H and O–H groups in total. The number of amides is 2. The number of fused-ring (bicyclic) bond motifs is 4. The molecular weight excluding hydrogens is 768 g/mol. The summed E-state index contributed by atoms with van der Waals surface area (Å²) in [6.45, 7) is 0. The Bertz CT molecular complexity index is 2380. The number of benzene rings is 4. The van der Waals surface area contributed by atoms with Gasteiger partial charge in [-0.2, -0.15) is 26.3 Å². The first-order chi connectivity index (χ1) is 27.5. The lowest BCUT2D eigenvalue weighted by atomic mass is 9.44. The molecule has 58 heavy (non-hydrogen) atoms. The lowest BCUT2D eigenvalue weighted by Gasteiger charge is -2.55. The number of carbonyl (C=O) groups is 4. The van der Waals surface area contributed by atoms with Crippen molar-refractivity contribution in [3.63, 3.8) is 0 Å². The molecule has 1 saturated carbocycles. The molecule has 0 bridgehead atoms. The molecule has 0 radical (unpaired) electrons. The molecule has 8 rings (SSSR count). The smallest absolute Gasteiger partial charge is 0.416 e. The minimum Gasteiger partial charge on any atom is -0.508 e. The van der Waals surface area contributed by atoms with Gasteiger partial charge in [-0.05, 0) is 54.2 Å². The lowest BCUT2D eigenvalue weighted by molar-refractivity contribution is -0.143. The molecule has 1 heterocycles. The zero-order chi connectivity index (χ0) is 41.5. The second-order valence-corrected chi connectivity index (χ2v) is 14.8. The fourth-order valence-electron chi connectivity index (χ4n) is 9.72. The summed E-state index contributed by atoms with van der Waals surface area (Å²) in [5.74, 6) is -9.10. The summed E-state index contributed by atoms with van der Waals surface area (Å²) in [5.41, 5.74) is -4.38. The van der Waals surface area contributed by atoms with Gasteiger partial charge in [-0.3, -0.25) is 19.2 Å². The van der Waals surface area contributed by atoms with Gasteiger partial charge in [-0.15, -0.1) is 0 Å². The molecule has 2 amide bonds. The van der Waals surface area contributed by atoms with E-state index in [0.717, 1.165) is 0 Å². The molecule has 298 valence electrons. The summed E-state index contributed by atoms with van der Waals surface area (Å²) in [4.78, 5) is 59.7. The van der Waals surface area contributed by atoms with Gasteiger partial charge in [0.05, 0.1) is 48.3 Å². The highest BCUT2D eigenvalue weighted by Crippen LogP contribution is 2.66. The maximum atomic E-state index is 15.3. The van der Waals surface area contributed by atoms with Crippen LogP contribution in [-0.4, -0.2) is 42.7 Å². The number of alkyl halides is 6. The van der Waals surface area contributed by atoms with E-state index in [9.17, 15) is 41.0 Å². The third-order valence-electron chi connectivity index (χ3n) is 12.0. The molecule has 4 aromatic carbocycles. The Morgan fingerprint density at radius 3 is 1.86 bits per heavy atom. The van der Waals surface area contributed by atoms with Crippen molar-refractivity contribution in [2.24, 2.45) is 23.7 Å². The van der Waals surface area contributed by atoms with Crippen molar-refractivity contribution in [3.8, 4) is 17.2 Å². The number of hydrogen-bond acceptors (Lipinski definition) is 7. The number of Topliss-reactive ketones (excluding diaryl/α,β-unsaturated/α-hetero) is 1. The number of phenols is 1. The number of anilines is 1. The number of phenolic OH excluding ortho intramolecular Hbond substituents is 1. The van der Waals surface area contributed by atoms with Gasteiger partial charge in [-0.25, -0.2) is 4.90 Å². The van der Waals surface area contributed by atoms with E-state index in [1.807, 2.05) is 0 Å². The van der Waals surface area contributed by atoms with Crippen LogP contribution in [-0.2, 0) is 36.9 Å². The number of halogens is 6. The number of aromatic hydroxyl groups is 1. The van der Waals surface area contributed by atoms with Crippen LogP contribution in [0.3, 0.4) is 0 Å². The van der Waals surface area contributed by atoms with Gasteiger partial charge >= 0.3 is 12.4 Å². The van der Waals surface area contributed by atoms with Crippen molar-refractivity contribution in [1.82, 2.24) is 0 Å². The van der Waals surface area contributed by atoms with Crippen molar-refractivity contribution in [1.29, 1.82) is 0 Å². The highest BCUT2D eigenvalue weighted by Gasteiger charge is 2.67. The van der Waals surface area contributed by atoms with Crippen LogP contribution in [0.25, 0.3) is 5.57 Å². The number of ether oxygens (including phenoxy) is 2. The Morgan fingerprint density at radius 1 is 0.741 bits per heavy atom. The summed E-state index contributed by atoms with van der Waals surface area (Å²) < 4.78 is 95.5. The zero-order valence-electron chi connectivity index (χ0n) is 30.7. The van der Waals surface area contributed by atoms with Gasteiger partial charge in [0.15, 0.2) is 11.6 Å². The lowest BCUT2D eigenvalue weighted by Crippen LogP contribution is -2.59. The van der Waals surface area contributed by atoms with Crippen LogP contribution in [0, 0.1) is 23.7 Å². The maximum Gasteiger partial charge on any atom is 0.416 e. The molecule has 8 nitrogen and oxygen atoms in total. The van der Waals surface area contributed by atoms with Crippen LogP contribution < -0.4 is 14.4 Å². The predicted octanol–water partition coefficient (Wildman–Crippen LogP) is 8.48. The molecule has 2 fully saturated rings. The maximum absolute atomic E-state index is 15.3. The van der Waals surface area contributed by atoms with E-state index in [2.05, 4.69) is 0 Å². The quantitative estimate of drug-likeness (QED) is 0.118. The highest BCUT2D eigenvalue weighted by atomic mass is 19.4. The fourth-order valence-corrected chi connectivity index (χ4v) is 9.72. The number of carbonyl (C=O) groups excluding carboxylic acids is 4. The SMILES string of the molecule is COc1cc(O)cc(OC)c1[C@H]1C2=CC[C@@H]3C(=O)N(c4cc(C(F)(F)F)cc(C(F)(F)F)c4)C(=O)[C@@H]3[C@@H]2C[C@H]2C(=O)C(c3ccccc3)=CC(=O)[C@@]12c1ccccc1. The second-order valence-electron chi connectivity index (χ2n) is 14.8. The number of hydrogen-bond donors (Lipinski definition) is 1. The standard InChI is InChI=1S/C44H33F6NO7/c1-57-33-18-27(52)19-34(58-2)37(33)38-28-13-14-29-36(41(56)51(40(29)55)26-16-24(43(45,46)47)15-25(17-26)44(48,49)50)31(28)20-32-39(54)30(22-9-5-3-6-10-22)21-35(53)42(32,38)23-11-7-4-8-12-23/h3-13,15-19,21,29,31-32,36,38,52H,14,20H2,1-2H3/t29-,31+,32-,36-,38+,42-/m0/s1. The van der Waals surface area contributed by atoms with Crippen LogP contribution in [0.2, 0.25) is 0 Å². The third kappa shape index (κ3) is 5.82. The summed E-state index contributed by atoms with van der Waals surface area (Å²) in [6.07, 6.45) is -7.90. The minimum atomic E-state index is -5.25. The van der Waals surface area contributed by atoms with E-state index in [-0.39, 0.29) is 47.3 Å². The fraction of sp³-hybridized carbons (Fsp3) is 0.273. The van der Waals surface area contributed by atoms with Crippen LogP contribution >= 0.6 is 0 Å². The van der Waals surface area contributed by atoms with E-state index < -0.39 is 87.6 Å². The second kappa shape index (κ2) is 13.7. The van der Waals surface area contributed by atoms with Gasteiger partial charge in [0, 0.05) is 35.1 Å². The molecular formula is C44H33F6NO7. The van der Waals surface area contributed by atoms with Gasteiger partial charge in [-0.1, -0.05) is 72.3 Å². The summed E-state index contributed by atoms with van der Waals surface area (Å²) >= 11 is 0. The highest BCUT2D eigenvalue weighted by molar-refractivity contribution is 6.32. The van der Waals surface area contributed by atoms with E-state index in [4.69, 9.17) is 9.47 Å². The Balaban J connectivity index is 1.37. The van der Waals surface area contributed by atoms with Gasteiger partial charge in [0.2, 0.25) is 11.8 Å². The van der Waals surface area contributed by atoms with Crippen LogP contribution in [0.15, 0.2) is 109 Å². The van der Waals surface area contributed by atoms with Gasteiger partial charge < -0.3 is 14.6 Å². The molecule has 0 unspecified atom stereocenters. The molecule has 0 aromatic heterocycles. The van der Waals surface area contributed by atoms with E-state index >= 15 is 9.59 Å². The van der Waals surface area contributed by atoms with Crippen molar-refractivity contribution < 1.29 is 60.1 Å². The Kier molecular flexibility index (Phi) is 9.16. The molecule has 1 aliphatic heterocycles. The minimum absolute atomic E-state index is 0.0664. The first kappa shape index (κ1) is 38.7. The molecule has 4 aliphatic rings.